The van der Waals surface area contributed by atoms with Crippen molar-refractivity contribution in [2.24, 2.45) is 23.2 Å². The van der Waals surface area contributed by atoms with Crippen LogP contribution in [0.2, 0.25) is 0 Å². The van der Waals surface area contributed by atoms with Crippen LogP contribution in [0, 0.1) is 23.2 Å². The number of aliphatic hydroxyl groups excluding tert-OH is 1. The van der Waals surface area contributed by atoms with E-state index in [0.29, 0.717) is 89.2 Å². The van der Waals surface area contributed by atoms with E-state index in [2.05, 4.69) is 53.7 Å². The Morgan fingerprint density at radius 2 is 1.62 bits per heavy atom. The van der Waals surface area contributed by atoms with E-state index in [-0.39, 0.29) is 62.1 Å². The van der Waals surface area contributed by atoms with Gasteiger partial charge in [-0.3, -0.25) is 48.8 Å². The van der Waals surface area contributed by atoms with Crippen LogP contribution in [-0.2, 0) is 65.1 Å². The Kier molecular flexibility index (Phi) is 22.1. The summed E-state index contributed by atoms with van der Waals surface area (Å²) in [6, 6.07) is 8.19. The standard InChI is InChI=1S/C66H91N9O16S2/c1-9-42(77)27-38(4)54(80)68-40(6)50(78)28-39(5)55(81)70-48(56(82)83)33-67-52(79)18-25-92-93-26-24-91-61(86)72-71-60(85)66(88)58-65(20-23-75-21-14-19-63(11-3,57(65)75)59(66)84)45-29-46(51(89-8)30-49(45)73(58)7)64(36-90-37-76)32-41-31-62(87,10-2)35-74(34-41)22-17-44-43-15-12-13-16-47(43)69-53(44)64/h12-16,19,29-30,37-41,48,57-59,69,84,87-88H,9-11,17-18,20-28,31-36H2,1-8H3,(H,67,79)(H,68,80)(H,70,81)(H,71,85)(H,72,86)(H,82,83)/t38-,39-,40+,41-,48+,57+,58-,59-,62+,63-,64+,65-,66+/m1/s1. The normalized spacial score (nSPS) is 28.8. The minimum atomic E-state index is -2.59. The predicted molar refractivity (Wildman–Crippen MR) is 349 cm³/mol. The topological polar surface area (TPSA) is 348 Å². The monoisotopic (exact) mass is 1330 g/mol. The van der Waals surface area contributed by atoms with Gasteiger partial charge in [0.15, 0.2) is 11.4 Å². The average Bonchev–Trinajstić information content (AvgIpc) is 1.51. The molecular weight excluding hydrogens is 1240 g/mol. The summed E-state index contributed by atoms with van der Waals surface area (Å²) in [4.78, 5) is 126. The number of aromatic amines is 1. The number of ether oxygens (including phenoxy) is 3. The number of benzene rings is 2. The van der Waals surface area contributed by atoms with Crippen LogP contribution in [-0.4, -0.2) is 209 Å². The number of likely N-dealkylation sites (N-methyl/N-ethyl adjacent to an activating group) is 1. The number of hydrogen-bond donors (Lipinski definition) is 10. The third-order valence-corrected chi connectivity index (χ3v) is 23.1. The second-order valence-corrected chi connectivity index (χ2v) is 29.0. The van der Waals surface area contributed by atoms with E-state index in [9.17, 15) is 58.8 Å². The number of aromatic nitrogens is 1. The molecule has 25 nitrogen and oxygen atoms in total. The molecule has 2 saturated heterocycles. The number of fused-ring (bicyclic) bond motifs is 6. The highest BCUT2D eigenvalue weighted by atomic mass is 33.1. The molecule has 93 heavy (non-hydrogen) atoms. The van der Waals surface area contributed by atoms with Gasteiger partial charge in [0, 0.05) is 140 Å². The molecule has 1 aromatic heterocycles. The lowest BCUT2D eigenvalue weighted by Gasteiger charge is -2.63. The van der Waals surface area contributed by atoms with Gasteiger partial charge in [-0.1, -0.05) is 86.6 Å². The third kappa shape index (κ3) is 13.6. The number of H-pyrrole nitrogens is 1. The van der Waals surface area contributed by atoms with E-state index in [0.717, 1.165) is 33.3 Å². The average molecular weight is 1330 g/mol. The van der Waals surface area contributed by atoms with Crippen LogP contribution in [0.15, 0.2) is 48.6 Å². The number of nitrogens with one attached hydrogen (secondary N) is 6. The molecule has 1 aliphatic carbocycles. The first-order chi connectivity index (χ1) is 44.3. The summed E-state index contributed by atoms with van der Waals surface area (Å²) >= 11 is 0. The van der Waals surface area contributed by atoms with Crippen molar-refractivity contribution < 1.29 is 77.8 Å². The Morgan fingerprint density at radius 3 is 2.33 bits per heavy atom. The Morgan fingerprint density at radius 1 is 0.892 bits per heavy atom. The van der Waals surface area contributed by atoms with Gasteiger partial charge in [0.2, 0.25) is 17.7 Å². The number of carboxylic acids is 1. The molecule has 6 aliphatic rings. The number of carboxylic acid groups (broad SMARTS) is 1. The van der Waals surface area contributed by atoms with Crippen molar-refractivity contribution in [2.75, 3.05) is 83.0 Å². The van der Waals surface area contributed by atoms with Crippen molar-refractivity contribution in [1.82, 2.24) is 41.6 Å². The lowest BCUT2D eigenvalue weighted by molar-refractivity contribution is -0.204. The summed E-state index contributed by atoms with van der Waals surface area (Å²) in [5, 5.41) is 56.9. The van der Waals surface area contributed by atoms with Crippen molar-refractivity contribution in [2.45, 2.75) is 158 Å². The van der Waals surface area contributed by atoms with Crippen LogP contribution in [0.3, 0.4) is 0 Å². The summed E-state index contributed by atoms with van der Waals surface area (Å²) in [7, 11) is 5.94. The number of aliphatic carboxylic acids is 1. The van der Waals surface area contributed by atoms with Crippen molar-refractivity contribution in [1.29, 1.82) is 0 Å². The van der Waals surface area contributed by atoms with Crippen LogP contribution >= 0.6 is 21.6 Å². The first-order valence-electron chi connectivity index (χ1n) is 32.3. The lowest BCUT2D eigenvalue weighted by Crippen LogP contribution is -2.82. The zero-order valence-corrected chi connectivity index (χ0v) is 55.9. The molecule has 9 rings (SSSR count). The number of rotatable bonds is 28. The first-order valence-corrected chi connectivity index (χ1v) is 34.8. The predicted octanol–water partition coefficient (Wildman–Crippen LogP) is 3.57. The first kappa shape index (κ1) is 70.6. The fourth-order valence-electron chi connectivity index (χ4n) is 16.2. The molecule has 6 heterocycles. The molecule has 1 spiro atoms. The Balaban J connectivity index is 0.850. The van der Waals surface area contributed by atoms with E-state index >= 15 is 4.79 Å². The van der Waals surface area contributed by atoms with Crippen LogP contribution < -0.4 is 36.4 Å². The molecule has 508 valence electrons. The Labute approximate surface area is 549 Å². The SMILES string of the molecule is CCC(=O)C[C@@H](C)C(=O)N[C@@H](C)C(=O)C[C@@H](C)C(=O)N[C@@H](CNC(=O)CCSSCCOC(=O)NNC(=O)[C@@]1(O)[C@H](O)[C@]2(CC)C=CCN3CC[C@@]4(c5cc([C@@]6(COC=O)C[C@@H]7CN(CCc8c6[nH]c6ccccc86)C[C@](O)(CC)C7)c(OC)cc5N(C)[C@@H]14)[C@@H]32)C(=O)O. The molecule has 3 fully saturated rings. The number of Topliss-reactive ketones (excluding diaryl/α,β-unsaturated/α-hetero) is 2. The molecule has 27 heteroatoms. The number of nitrogens with zero attached hydrogens (tertiary/aromatic N) is 3. The maximum Gasteiger partial charge on any atom is 0.426 e. The quantitative estimate of drug-likeness (QED) is 0.0163. The van der Waals surface area contributed by atoms with Crippen LogP contribution in [0.25, 0.3) is 10.9 Å². The number of ketones is 2. The number of carbonyl (C=O) groups is 9. The van der Waals surface area contributed by atoms with Crippen LogP contribution in [0.1, 0.15) is 122 Å². The van der Waals surface area contributed by atoms with Gasteiger partial charge in [-0.25, -0.2) is 15.0 Å². The third-order valence-electron chi connectivity index (χ3n) is 20.7. The molecule has 2 aromatic carbocycles. The van der Waals surface area contributed by atoms with Crippen molar-refractivity contribution in [3.8, 4) is 5.75 Å². The highest BCUT2D eigenvalue weighted by Crippen LogP contribution is 2.67. The molecule has 1 unspecified atom stereocenters. The van der Waals surface area contributed by atoms with E-state index in [1.807, 2.05) is 55.2 Å². The zero-order valence-electron chi connectivity index (χ0n) is 54.3. The van der Waals surface area contributed by atoms with Gasteiger partial charge < -0.3 is 60.5 Å². The summed E-state index contributed by atoms with van der Waals surface area (Å²) in [6.07, 6.45) is 4.13. The highest BCUT2D eigenvalue weighted by Gasteiger charge is 2.79. The molecule has 14 atom stereocenters. The number of piperidine rings is 1. The Hall–Kier alpha value is -6.75. The number of para-hydroxylation sites is 1. The molecule has 10 N–H and O–H groups in total. The number of aliphatic hydroxyl groups is 3. The minimum absolute atomic E-state index is 0.0294. The van der Waals surface area contributed by atoms with E-state index in [1.54, 1.807) is 28.0 Å². The van der Waals surface area contributed by atoms with E-state index < -0.39 is 118 Å². The maximum atomic E-state index is 15.1. The van der Waals surface area contributed by atoms with Gasteiger partial charge >= 0.3 is 12.1 Å². The summed E-state index contributed by atoms with van der Waals surface area (Å²) in [5.74, 6) is -5.42. The molecule has 5 amide bonds. The molecule has 5 aliphatic heterocycles. The Bertz CT molecular complexity index is 3370. The number of hydrogen-bond acceptors (Lipinski definition) is 20. The molecule has 2 bridgehead atoms. The maximum absolute atomic E-state index is 15.1. The summed E-state index contributed by atoms with van der Waals surface area (Å²) in [6.45, 7) is 13.0. The van der Waals surface area contributed by atoms with Crippen LogP contribution in [0.4, 0.5) is 10.5 Å². The fraction of sp³-hybridized carbons (Fsp3) is 0.621. The number of amides is 5. The van der Waals surface area contributed by atoms with Crippen molar-refractivity contribution in [3.63, 3.8) is 0 Å². The smallest absolute Gasteiger partial charge is 0.426 e. The van der Waals surface area contributed by atoms with Gasteiger partial charge in [0.05, 0.1) is 30.2 Å². The molecule has 3 aromatic rings. The van der Waals surface area contributed by atoms with Crippen molar-refractivity contribution >= 4 is 91.9 Å². The number of carbonyl (C=O) groups excluding carboxylic acids is 8. The van der Waals surface area contributed by atoms with E-state index in [4.69, 9.17) is 14.2 Å². The van der Waals surface area contributed by atoms with Gasteiger partial charge in [0.25, 0.3) is 12.4 Å². The minimum Gasteiger partial charge on any atom is -0.496 e. The van der Waals surface area contributed by atoms with Gasteiger partial charge in [-0.15, -0.1) is 0 Å². The highest BCUT2D eigenvalue weighted by molar-refractivity contribution is 8.76. The van der Waals surface area contributed by atoms with Gasteiger partial charge in [-0.05, 0) is 81.2 Å². The second kappa shape index (κ2) is 29.1. The van der Waals surface area contributed by atoms with Gasteiger partial charge in [0.1, 0.15) is 36.9 Å². The largest absolute Gasteiger partial charge is 0.496 e. The molecule has 0 radical (unpaired) electrons. The lowest BCUT2D eigenvalue weighted by atomic mass is 9.47. The van der Waals surface area contributed by atoms with Crippen LogP contribution in [0.5, 0.6) is 5.75 Å². The van der Waals surface area contributed by atoms with E-state index in [1.165, 1.54) is 35.4 Å². The van der Waals surface area contributed by atoms with Crippen molar-refractivity contribution in [3.05, 3.63) is 70.9 Å². The van der Waals surface area contributed by atoms with Gasteiger partial charge in [-0.2, -0.15) is 0 Å². The molecular formula is C66H91N9O16S2. The fourth-order valence-corrected chi connectivity index (χ4v) is 18.0. The number of anilines is 1. The number of methoxy groups -OCH3 is 1. The number of hydrazine groups is 1. The second-order valence-electron chi connectivity index (χ2n) is 26.3. The summed E-state index contributed by atoms with van der Waals surface area (Å²) < 4.78 is 17.9. The summed E-state index contributed by atoms with van der Waals surface area (Å²) in [5.41, 5.74) is 2.94. The zero-order chi connectivity index (χ0) is 67.4. The molecule has 1 saturated carbocycles.